The van der Waals surface area contributed by atoms with Crippen molar-refractivity contribution in [1.82, 2.24) is 0 Å². The van der Waals surface area contributed by atoms with Gasteiger partial charge in [0.1, 0.15) is 0 Å². The van der Waals surface area contributed by atoms with Gasteiger partial charge in [-0.15, -0.1) is 0 Å². The molecule has 0 heterocycles. The van der Waals surface area contributed by atoms with Crippen molar-refractivity contribution in [1.29, 1.82) is 0 Å². The van der Waals surface area contributed by atoms with Gasteiger partial charge in [0.05, 0.1) is 12.2 Å². The summed E-state index contributed by atoms with van der Waals surface area (Å²) < 4.78 is 0. The van der Waals surface area contributed by atoms with Crippen LogP contribution in [0.3, 0.4) is 0 Å². The van der Waals surface area contributed by atoms with E-state index in [0.29, 0.717) is 12.1 Å². The summed E-state index contributed by atoms with van der Waals surface area (Å²) in [4.78, 5) is 0. The van der Waals surface area contributed by atoms with E-state index in [2.05, 4.69) is 0 Å². The van der Waals surface area contributed by atoms with Crippen LogP contribution in [0.1, 0.15) is 25.7 Å². The molecule has 0 aromatic rings. The van der Waals surface area contributed by atoms with Crippen molar-refractivity contribution >= 4 is 0 Å². The summed E-state index contributed by atoms with van der Waals surface area (Å²) in [5.74, 6) is 0. The molecule has 4 nitrogen and oxygen atoms in total. The Morgan fingerprint density at radius 3 is 1.00 bits per heavy atom. The lowest BCUT2D eigenvalue weighted by atomic mass is 9.91. The van der Waals surface area contributed by atoms with Crippen molar-refractivity contribution in [2.75, 3.05) is 0 Å². The number of rotatable bonds is 0. The van der Waals surface area contributed by atoms with Crippen LogP contribution in [0.4, 0.5) is 0 Å². The molecule has 0 aromatic heterocycles. The second-order valence-corrected chi connectivity index (χ2v) is 3.77. The molecule has 2 rings (SSSR count). The van der Waals surface area contributed by atoms with Gasteiger partial charge in [0.15, 0.2) is 0 Å². The van der Waals surface area contributed by atoms with Crippen molar-refractivity contribution in [3.8, 4) is 0 Å². The monoisotopic (exact) mass is 174 g/mol. The highest BCUT2D eigenvalue weighted by molar-refractivity contribution is 4.81. The van der Waals surface area contributed by atoms with Crippen molar-refractivity contribution in [2.45, 2.75) is 50.0 Å². The van der Waals surface area contributed by atoms with Crippen molar-refractivity contribution < 1.29 is 10.2 Å². The molecule has 12 heavy (non-hydrogen) atoms. The van der Waals surface area contributed by atoms with Crippen LogP contribution in [0.5, 0.6) is 0 Å². The molecule has 72 valence electrons. The minimum atomic E-state index is -0.0833. The topological polar surface area (TPSA) is 92.5 Å². The molecule has 2 aliphatic carbocycles. The largest absolute Gasteiger partial charge is 0.393 e. The lowest BCUT2D eigenvalue weighted by molar-refractivity contribution is 0.0766. The molecule has 0 unspecified atom stereocenters. The fourth-order valence-electron chi connectivity index (χ4n) is 1.26. The van der Waals surface area contributed by atoms with E-state index in [-0.39, 0.29) is 12.2 Å². The highest BCUT2D eigenvalue weighted by Crippen LogP contribution is 2.16. The van der Waals surface area contributed by atoms with Gasteiger partial charge < -0.3 is 21.7 Å². The van der Waals surface area contributed by atoms with Crippen LogP contribution >= 0.6 is 0 Å². The van der Waals surface area contributed by atoms with Gasteiger partial charge in [-0.1, -0.05) is 0 Å². The minimum absolute atomic E-state index is 0.0833. The number of nitrogens with two attached hydrogens (primary N) is 2. The molecule has 0 atom stereocenters. The molecule has 0 aliphatic heterocycles. The fraction of sp³-hybridized carbons (Fsp3) is 1.00. The van der Waals surface area contributed by atoms with Gasteiger partial charge in [0.25, 0.3) is 0 Å². The number of hydrogen-bond acceptors (Lipinski definition) is 4. The Labute approximate surface area is 72.6 Å². The predicted octanol–water partition coefficient (Wildman–Crippen LogP) is -1.06. The summed E-state index contributed by atoms with van der Waals surface area (Å²) >= 11 is 0. The third kappa shape index (κ3) is 3.06. The first-order chi connectivity index (χ1) is 5.58. The van der Waals surface area contributed by atoms with Gasteiger partial charge in [0, 0.05) is 12.1 Å². The molecule has 0 spiro atoms. The van der Waals surface area contributed by atoms with E-state index in [1.54, 1.807) is 0 Å². The zero-order chi connectivity index (χ0) is 9.14. The molecule has 0 saturated heterocycles. The van der Waals surface area contributed by atoms with Crippen LogP contribution in [-0.2, 0) is 0 Å². The van der Waals surface area contributed by atoms with Gasteiger partial charge in [-0.2, -0.15) is 0 Å². The first-order valence-corrected chi connectivity index (χ1v) is 4.45. The van der Waals surface area contributed by atoms with Crippen molar-refractivity contribution in [3.63, 3.8) is 0 Å². The Balaban J connectivity index is 0.000000120. The van der Waals surface area contributed by atoms with Gasteiger partial charge in [0.2, 0.25) is 0 Å². The molecule has 2 fully saturated rings. The van der Waals surface area contributed by atoms with E-state index in [9.17, 15) is 0 Å². The Morgan fingerprint density at radius 2 is 1.00 bits per heavy atom. The molecule has 6 N–H and O–H groups in total. The third-order valence-electron chi connectivity index (χ3n) is 2.30. The summed E-state index contributed by atoms with van der Waals surface area (Å²) in [6.45, 7) is 0. The van der Waals surface area contributed by atoms with E-state index in [0.717, 1.165) is 25.7 Å². The van der Waals surface area contributed by atoms with Gasteiger partial charge in [-0.3, -0.25) is 0 Å². The van der Waals surface area contributed by atoms with Gasteiger partial charge >= 0.3 is 0 Å². The van der Waals surface area contributed by atoms with Crippen LogP contribution in [0.2, 0.25) is 0 Å². The van der Waals surface area contributed by atoms with Crippen LogP contribution in [0.15, 0.2) is 0 Å². The number of aliphatic hydroxyl groups is 2. The zero-order valence-corrected chi connectivity index (χ0v) is 7.19. The third-order valence-corrected chi connectivity index (χ3v) is 2.30. The fourth-order valence-corrected chi connectivity index (χ4v) is 1.26. The Kier molecular flexibility index (Phi) is 3.46. The summed E-state index contributed by atoms with van der Waals surface area (Å²) in [6.07, 6.45) is 3.06. The average molecular weight is 174 g/mol. The minimum Gasteiger partial charge on any atom is -0.393 e. The molecule has 2 saturated carbocycles. The maximum absolute atomic E-state index is 8.54. The summed E-state index contributed by atoms with van der Waals surface area (Å²) in [5.41, 5.74) is 10.6. The molecule has 0 amide bonds. The average Bonchev–Trinajstić information content (AvgIpc) is 1.84. The predicted molar refractivity (Wildman–Crippen MR) is 46.4 cm³/mol. The van der Waals surface area contributed by atoms with Crippen LogP contribution in [0, 0.1) is 0 Å². The maximum Gasteiger partial charge on any atom is 0.0569 e. The summed E-state index contributed by atoms with van der Waals surface area (Å²) in [5, 5.41) is 17.1. The quantitative estimate of drug-likeness (QED) is 0.376. The number of aliphatic hydroxyl groups excluding tert-OH is 2. The lowest BCUT2D eigenvalue weighted by Crippen LogP contribution is -2.39. The molecule has 4 heteroatoms. The summed E-state index contributed by atoms with van der Waals surface area (Å²) in [7, 11) is 0. The molecular weight excluding hydrogens is 156 g/mol. The molecule has 0 bridgehead atoms. The summed E-state index contributed by atoms with van der Waals surface area (Å²) in [6, 6.07) is 0.583. The number of hydrogen-bond donors (Lipinski definition) is 4. The normalized spacial score (nSPS) is 45.0. The highest BCUT2D eigenvalue weighted by Gasteiger charge is 2.22. The van der Waals surface area contributed by atoms with E-state index in [1.165, 1.54) is 0 Å². The zero-order valence-electron chi connectivity index (χ0n) is 7.19. The highest BCUT2D eigenvalue weighted by atomic mass is 16.3. The lowest BCUT2D eigenvalue weighted by Gasteiger charge is -2.26. The van der Waals surface area contributed by atoms with Crippen LogP contribution < -0.4 is 11.5 Å². The first kappa shape index (κ1) is 9.92. The smallest absolute Gasteiger partial charge is 0.0569 e. The Morgan fingerprint density at radius 1 is 0.750 bits per heavy atom. The molecule has 0 radical (unpaired) electrons. The maximum atomic E-state index is 8.54. The SMILES string of the molecule is NC1CC(O)C1.NC1CC(O)C1. The second-order valence-electron chi connectivity index (χ2n) is 3.77. The van der Waals surface area contributed by atoms with Crippen molar-refractivity contribution in [2.24, 2.45) is 11.5 Å². The van der Waals surface area contributed by atoms with E-state index in [1.807, 2.05) is 0 Å². The van der Waals surface area contributed by atoms with Crippen molar-refractivity contribution in [3.05, 3.63) is 0 Å². The molecular formula is C8H18N2O2. The van der Waals surface area contributed by atoms with Crippen LogP contribution in [0.25, 0.3) is 0 Å². The van der Waals surface area contributed by atoms with Gasteiger partial charge in [-0.25, -0.2) is 0 Å². The van der Waals surface area contributed by atoms with E-state index in [4.69, 9.17) is 21.7 Å². The molecule has 0 aromatic carbocycles. The van der Waals surface area contributed by atoms with Crippen LogP contribution in [-0.4, -0.2) is 34.5 Å². The van der Waals surface area contributed by atoms with Gasteiger partial charge in [-0.05, 0) is 25.7 Å². The van der Waals surface area contributed by atoms with E-state index >= 15 is 0 Å². The Bertz CT molecular complexity index is 103. The first-order valence-electron chi connectivity index (χ1n) is 4.45. The Hall–Kier alpha value is -0.160. The molecule has 2 aliphatic rings. The second kappa shape index (κ2) is 4.18. The standard InChI is InChI=1S/2C4H9NO/c2*5-3-1-4(6)2-3/h2*3-4,6H,1-2,5H2. The van der Waals surface area contributed by atoms with E-state index < -0.39 is 0 Å².